The van der Waals surface area contributed by atoms with Crippen molar-refractivity contribution in [3.63, 3.8) is 0 Å². The molecular formula is C13H19FN2O3. The molecule has 2 amide bonds. The van der Waals surface area contributed by atoms with E-state index in [0.717, 1.165) is 0 Å². The van der Waals surface area contributed by atoms with Crippen molar-refractivity contribution < 1.29 is 19.0 Å². The van der Waals surface area contributed by atoms with Gasteiger partial charge in [0.2, 0.25) is 0 Å². The molecule has 0 radical (unpaired) electrons. The number of benzene rings is 1. The van der Waals surface area contributed by atoms with Crippen molar-refractivity contribution in [1.82, 2.24) is 4.90 Å². The fourth-order valence-electron chi connectivity index (χ4n) is 1.62. The molecule has 0 aliphatic rings. The zero-order valence-corrected chi connectivity index (χ0v) is 11.5. The molecule has 19 heavy (non-hydrogen) atoms. The van der Waals surface area contributed by atoms with Crippen LogP contribution in [0.3, 0.4) is 0 Å². The first-order chi connectivity index (χ1) is 8.71. The maximum absolute atomic E-state index is 13.3. The maximum atomic E-state index is 13.3. The number of urea groups is 1. The molecule has 1 aromatic rings. The number of methoxy groups -OCH3 is 1. The third-order valence-electron chi connectivity index (χ3n) is 2.33. The number of rotatable bonds is 4. The highest BCUT2D eigenvalue weighted by Crippen LogP contribution is 2.20. The molecule has 0 saturated heterocycles. The molecule has 5 nitrogen and oxygen atoms in total. The average Bonchev–Trinajstić information content (AvgIpc) is 2.25. The second-order valence-corrected chi connectivity index (χ2v) is 4.98. The number of hydrogen-bond acceptors (Lipinski definition) is 3. The number of amides is 2. The SMILES string of the molecule is COc1cc(F)cc(NC(=O)N(C)CC(C)(C)O)c1. The molecule has 0 aromatic heterocycles. The summed E-state index contributed by atoms with van der Waals surface area (Å²) in [6.45, 7) is 3.36. The van der Waals surface area contributed by atoms with Gasteiger partial charge in [-0.1, -0.05) is 0 Å². The van der Waals surface area contributed by atoms with E-state index in [1.54, 1.807) is 20.9 Å². The zero-order chi connectivity index (χ0) is 14.6. The third-order valence-corrected chi connectivity index (χ3v) is 2.33. The van der Waals surface area contributed by atoms with Crippen LogP contribution in [0.4, 0.5) is 14.9 Å². The van der Waals surface area contributed by atoms with E-state index in [2.05, 4.69) is 5.32 Å². The van der Waals surface area contributed by atoms with E-state index in [4.69, 9.17) is 4.74 Å². The van der Waals surface area contributed by atoms with E-state index in [0.29, 0.717) is 11.4 Å². The summed E-state index contributed by atoms with van der Waals surface area (Å²) in [5.74, 6) is -0.180. The number of halogens is 1. The quantitative estimate of drug-likeness (QED) is 0.880. The molecule has 1 rings (SSSR count). The first-order valence-corrected chi connectivity index (χ1v) is 5.80. The topological polar surface area (TPSA) is 61.8 Å². The van der Waals surface area contributed by atoms with Crippen LogP contribution in [-0.2, 0) is 0 Å². The molecule has 0 unspecified atom stereocenters. The highest BCUT2D eigenvalue weighted by molar-refractivity contribution is 5.89. The number of carbonyl (C=O) groups excluding carboxylic acids is 1. The van der Waals surface area contributed by atoms with Crippen molar-refractivity contribution >= 4 is 11.7 Å². The highest BCUT2D eigenvalue weighted by atomic mass is 19.1. The van der Waals surface area contributed by atoms with Gasteiger partial charge in [-0.2, -0.15) is 0 Å². The molecule has 0 fully saturated rings. The van der Waals surface area contributed by atoms with Crippen LogP contribution in [0.2, 0.25) is 0 Å². The second-order valence-electron chi connectivity index (χ2n) is 4.98. The lowest BCUT2D eigenvalue weighted by molar-refractivity contribution is 0.0550. The number of aliphatic hydroxyl groups is 1. The summed E-state index contributed by atoms with van der Waals surface area (Å²) in [5.41, 5.74) is -0.699. The summed E-state index contributed by atoms with van der Waals surface area (Å²) in [4.78, 5) is 13.2. The number of ether oxygens (including phenoxy) is 1. The fourth-order valence-corrected chi connectivity index (χ4v) is 1.62. The predicted octanol–water partition coefficient (Wildman–Crippen LogP) is 2.07. The average molecular weight is 270 g/mol. The molecule has 1 aromatic carbocycles. The Bertz CT molecular complexity index is 458. The Morgan fingerprint density at radius 1 is 1.47 bits per heavy atom. The summed E-state index contributed by atoms with van der Waals surface area (Å²) in [6, 6.07) is 3.49. The lowest BCUT2D eigenvalue weighted by atomic mass is 10.1. The van der Waals surface area contributed by atoms with Gasteiger partial charge in [0.1, 0.15) is 11.6 Å². The molecule has 0 bridgehead atoms. The van der Waals surface area contributed by atoms with Gasteiger partial charge < -0.3 is 20.1 Å². The first kappa shape index (κ1) is 15.2. The monoisotopic (exact) mass is 270 g/mol. The Morgan fingerprint density at radius 2 is 2.11 bits per heavy atom. The van der Waals surface area contributed by atoms with E-state index in [1.165, 1.54) is 30.2 Å². The molecule has 0 aliphatic heterocycles. The van der Waals surface area contributed by atoms with Crippen molar-refractivity contribution in [3.8, 4) is 5.75 Å². The summed E-state index contributed by atoms with van der Waals surface area (Å²) >= 11 is 0. The van der Waals surface area contributed by atoms with Gasteiger partial charge in [0, 0.05) is 24.9 Å². The third kappa shape index (κ3) is 5.13. The van der Waals surface area contributed by atoms with E-state index in [-0.39, 0.29) is 6.54 Å². The lowest BCUT2D eigenvalue weighted by Gasteiger charge is -2.25. The summed E-state index contributed by atoms with van der Waals surface area (Å²) in [5, 5.41) is 12.2. The van der Waals surface area contributed by atoms with E-state index < -0.39 is 17.4 Å². The highest BCUT2D eigenvalue weighted by Gasteiger charge is 2.19. The standard InChI is InChI=1S/C13H19FN2O3/c1-13(2,18)8-16(3)12(17)15-10-5-9(14)6-11(7-10)19-4/h5-7,18H,8H2,1-4H3,(H,15,17). The predicted molar refractivity (Wildman–Crippen MR) is 70.9 cm³/mol. The minimum absolute atomic E-state index is 0.158. The number of anilines is 1. The molecule has 106 valence electrons. The second kappa shape index (κ2) is 5.88. The fraction of sp³-hybridized carbons (Fsp3) is 0.462. The molecule has 0 heterocycles. The Labute approximate surface area is 112 Å². The van der Waals surface area contributed by atoms with Gasteiger partial charge in [-0.05, 0) is 19.9 Å². The van der Waals surface area contributed by atoms with Crippen LogP contribution in [0.25, 0.3) is 0 Å². The molecule has 0 aliphatic carbocycles. The van der Waals surface area contributed by atoms with Crippen LogP contribution in [-0.4, -0.2) is 42.3 Å². The normalized spacial score (nSPS) is 11.1. The van der Waals surface area contributed by atoms with Crippen molar-refractivity contribution in [2.24, 2.45) is 0 Å². The van der Waals surface area contributed by atoms with Crippen LogP contribution in [0.5, 0.6) is 5.75 Å². The van der Waals surface area contributed by atoms with Crippen LogP contribution >= 0.6 is 0 Å². The van der Waals surface area contributed by atoms with Gasteiger partial charge in [0.05, 0.1) is 19.3 Å². The van der Waals surface area contributed by atoms with Crippen molar-refractivity contribution in [2.45, 2.75) is 19.4 Å². The summed E-state index contributed by atoms with van der Waals surface area (Å²) < 4.78 is 18.2. The van der Waals surface area contributed by atoms with Gasteiger partial charge in [-0.25, -0.2) is 9.18 Å². The first-order valence-electron chi connectivity index (χ1n) is 5.80. The van der Waals surface area contributed by atoms with Crippen molar-refractivity contribution in [1.29, 1.82) is 0 Å². The van der Waals surface area contributed by atoms with Gasteiger partial charge in [0.15, 0.2) is 0 Å². The Kier molecular flexibility index (Phi) is 4.72. The smallest absolute Gasteiger partial charge is 0.321 e. The number of likely N-dealkylation sites (N-methyl/N-ethyl adjacent to an activating group) is 1. The minimum atomic E-state index is -0.994. The Balaban J connectivity index is 2.74. The minimum Gasteiger partial charge on any atom is -0.497 e. The molecule has 0 atom stereocenters. The Hall–Kier alpha value is -1.82. The van der Waals surface area contributed by atoms with Crippen LogP contribution < -0.4 is 10.1 Å². The van der Waals surface area contributed by atoms with E-state index >= 15 is 0 Å². The van der Waals surface area contributed by atoms with Crippen LogP contribution in [0.1, 0.15) is 13.8 Å². The van der Waals surface area contributed by atoms with Crippen LogP contribution in [0.15, 0.2) is 18.2 Å². The number of carbonyl (C=O) groups is 1. The van der Waals surface area contributed by atoms with Gasteiger partial charge >= 0.3 is 6.03 Å². The summed E-state index contributed by atoms with van der Waals surface area (Å²) in [7, 11) is 2.96. The van der Waals surface area contributed by atoms with Crippen molar-refractivity contribution in [2.75, 3.05) is 26.0 Å². The van der Waals surface area contributed by atoms with Gasteiger partial charge in [-0.3, -0.25) is 0 Å². The van der Waals surface area contributed by atoms with E-state index in [9.17, 15) is 14.3 Å². The molecule has 2 N–H and O–H groups in total. The number of nitrogens with one attached hydrogen (secondary N) is 1. The van der Waals surface area contributed by atoms with E-state index in [1.807, 2.05) is 0 Å². The molecule has 0 spiro atoms. The molecular weight excluding hydrogens is 251 g/mol. The van der Waals surface area contributed by atoms with Gasteiger partial charge in [0.25, 0.3) is 0 Å². The largest absolute Gasteiger partial charge is 0.497 e. The zero-order valence-electron chi connectivity index (χ0n) is 11.5. The summed E-state index contributed by atoms with van der Waals surface area (Å²) in [6.07, 6.45) is 0. The van der Waals surface area contributed by atoms with Crippen LogP contribution in [0, 0.1) is 5.82 Å². The van der Waals surface area contributed by atoms with Crippen molar-refractivity contribution in [3.05, 3.63) is 24.0 Å². The van der Waals surface area contributed by atoms with Gasteiger partial charge in [-0.15, -0.1) is 0 Å². The number of nitrogens with zero attached hydrogens (tertiary/aromatic N) is 1. The number of hydrogen-bond donors (Lipinski definition) is 2. The Morgan fingerprint density at radius 3 is 2.63 bits per heavy atom. The maximum Gasteiger partial charge on any atom is 0.321 e. The molecule has 0 saturated carbocycles. The lowest BCUT2D eigenvalue weighted by Crippen LogP contribution is -2.41. The molecule has 6 heteroatoms.